The molecule has 0 aliphatic carbocycles. The summed E-state index contributed by atoms with van der Waals surface area (Å²) in [6.07, 6.45) is 1.58. The summed E-state index contributed by atoms with van der Waals surface area (Å²) in [6, 6.07) is 14.3. The van der Waals surface area contributed by atoms with E-state index in [9.17, 15) is 9.18 Å². The number of nitrogens with zero attached hydrogens (tertiary/aromatic N) is 2. The van der Waals surface area contributed by atoms with Crippen LogP contribution in [0.3, 0.4) is 0 Å². The van der Waals surface area contributed by atoms with Gasteiger partial charge < -0.3 is 0 Å². The Hall–Kier alpha value is -2.79. The molecule has 4 aromatic rings. The molecule has 3 nitrogen and oxygen atoms in total. The van der Waals surface area contributed by atoms with Crippen LogP contribution in [-0.4, -0.2) is 9.55 Å². The first-order valence-electron chi connectivity index (χ1n) is 7.90. The van der Waals surface area contributed by atoms with Crippen LogP contribution in [0.4, 0.5) is 4.39 Å². The molecule has 0 amide bonds. The Morgan fingerprint density at radius 2 is 2.00 bits per heavy atom. The highest BCUT2D eigenvalue weighted by atomic mass is 32.1. The maximum Gasteiger partial charge on any atom is 0.271 e. The fourth-order valence-corrected chi connectivity index (χ4v) is 3.86. The van der Waals surface area contributed by atoms with Crippen LogP contribution in [0, 0.1) is 12.7 Å². The number of aryl methyl sites for hydroxylation is 1. The highest BCUT2D eigenvalue weighted by molar-refractivity contribution is 7.17. The van der Waals surface area contributed by atoms with E-state index in [1.54, 1.807) is 17.0 Å². The molecule has 0 saturated carbocycles. The molecule has 2 aromatic heterocycles. The van der Waals surface area contributed by atoms with Gasteiger partial charge in [0, 0.05) is 10.9 Å². The standard InChI is InChI=1S/C20H15FN2OS/c1-13-5-2-3-6-15(13)10-23-12-22-18-17(11-25-19(18)20(23)24)14-7-4-8-16(21)9-14/h2-9,11-12H,10H2,1H3. The summed E-state index contributed by atoms with van der Waals surface area (Å²) < 4.78 is 15.7. The van der Waals surface area contributed by atoms with E-state index < -0.39 is 0 Å². The van der Waals surface area contributed by atoms with E-state index in [4.69, 9.17) is 0 Å². The number of benzene rings is 2. The highest BCUT2D eigenvalue weighted by Crippen LogP contribution is 2.31. The zero-order valence-corrected chi connectivity index (χ0v) is 14.4. The van der Waals surface area contributed by atoms with Gasteiger partial charge in [-0.3, -0.25) is 9.36 Å². The Morgan fingerprint density at radius 1 is 1.16 bits per heavy atom. The third-order valence-electron chi connectivity index (χ3n) is 4.28. The molecule has 25 heavy (non-hydrogen) atoms. The molecule has 0 atom stereocenters. The molecule has 0 aliphatic rings. The van der Waals surface area contributed by atoms with Crippen molar-refractivity contribution in [3.8, 4) is 11.1 Å². The predicted molar refractivity (Wildman–Crippen MR) is 99.6 cm³/mol. The van der Waals surface area contributed by atoms with E-state index in [2.05, 4.69) is 4.98 Å². The summed E-state index contributed by atoms with van der Waals surface area (Å²) >= 11 is 1.35. The van der Waals surface area contributed by atoms with Gasteiger partial charge >= 0.3 is 0 Å². The number of fused-ring (bicyclic) bond motifs is 1. The first-order chi connectivity index (χ1) is 12.1. The average molecular weight is 350 g/mol. The minimum Gasteiger partial charge on any atom is -0.294 e. The Morgan fingerprint density at radius 3 is 2.80 bits per heavy atom. The van der Waals surface area contributed by atoms with Crippen molar-refractivity contribution in [1.29, 1.82) is 0 Å². The molecule has 0 spiro atoms. The van der Waals surface area contributed by atoms with E-state index >= 15 is 0 Å². The minimum absolute atomic E-state index is 0.0686. The SMILES string of the molecule is Cc1ccccc1Cn1cnc2c(-c3cccc(F)c3)csc2c1=O. The van der Waals surface area contributed by atoms with Gasteiger partial charge in [-0.25, -0.2) is 9.37 Å². The molecule has 0 unspecified atom stereocenters. The largest absolute Gasteiger partial charge is 0.294 e. The van der Waals surface area contributed by atoms with Crippen molar-refractivity contribution in [2.75, 3.05) is 0 Å². The van der Waals surface area contributed by atoms with Crippen molar-refractivity contribution in [3.05, 3.63) is 87.5 Å². The van der Waals surface area contributed by atoms with Crippen LogP contribution < -0.4 is 5.56 Å². The smallest absolute Gasteiger partial charge is 0.271 e. The minimum atomic E-state index is -0.301. The quantitative estimate of drug-likeness (QED) is 0.540. The number of thiophene rings is 1. The van der Waals surface area contributed by atoms with Crippen LogP contribution >= 0.6 is 11.3 Å². The molecule has 0 radical (unpaired) electrons. The summed E-state index contributed by atoms with van der Waals surface area (Å²) in [5.41, 5.74) is 4.31. The molecule has 124 valence electrons. The lowest BCUT2D eigenvalue weighted by Gasteiger charge is -2.08. The summed E-state index contributed by atoms with van der Waals surface area (Å²) in [7, 11) is 0. The predicted octanol–water partition coefficient (Wildman–Crippen LogP) is 4.62. The van der Waals surface area contributed by atoms with Gasteiger partial charge in [0.25, 0.3) is 5.56 Å². The summed E-state index contributed by atoms with van der Waals surface area (Å²) in [4.78, 5) is 17.3. The zero-order valence-electron chi connectivity index (χ0n) is 13.6. The van der Waals surface area contributed by atoms with Crippen LogP contribution in [-0.2, 0) is 6.54 Å². The van der Waals surface area contributed by atoms with Crippen molar-refractivity contribution in [2.24, 2.45) is 0 Å². The normalized spacial score (nSPS) is 11.1. The molecule has 2 heterocycles. The second kappa shape index (κ2) is 6.26. The fourth-order valence-electron chi connectivity index (χ4n) is 2.89. The monoisotopic (exact) mass is 350 g/mol. The van der Waals surface area contributed by atoms with Crippen molar-refractivity contribution >= 4 is 21.6 Å². The Balaban J connectivity index is 1.80. The van der Waals surface area contributed by atoms with Crippen LogP contribution in [0.2, 0.25) is 0 Å². The number of halogens is 1. The molecular weight excluding hydrogens is 335 g/mol. The first kappa shape index (κ1) is 15.7. The van der Waals surface area contributed by atoms with Gasteiger partial charge in [0.05, 0.1) is 18.4 Å². The lowest BCUT2D eigenvalue weighted by molar-refractivity contribution is 0.628. The molecule has 5 heteroatoms. The summed E-state index contributed by atoms with van der Waals surface area (Å²) in [6.45, 7) is 2.52. The molecule has 4 rings (SSSR count). The lowest BCUT2D eigenvalue weighted by atomic mass is 10.1. The fraction of sp³-hybridized carbons (Fsp3) is 0.100. The topological polar surface area (TPSA) is 34.9 Å². The summed E-state index contributed by atoms with van der Waals surface area (Å²) in [5, 5.41) is 1.87. The molecule has 0 aliphatic heterocycles. The van der Waals surface area contributed by atoms with Crippen LogP contribution in [0.5, 0.6) is 0 Å². The van der Waals surface area contributed by atoms with E-state index in [1.165, 1.54) is 23.5 Å². The van der Waals surface area contributed by atoms with E-state index in [1.807, 2.05) is 42.6 Å². The number of hydrogen-bond donors (Lipinski definition) is 0. The number of aromatic nitrogens is 2. The van der Waals surface area contributed by atoms with Gasteiger partial charge in [0.15, 0.2) is 0 Å². The Labute approximate surface area is 148 Å². The highest BCUT2D eigenvalue weighted by Gasteiger charge is 2.13. The van der Waals surface area contributed by atoms with Crippen molar-refractivity contribution in [1.82, 2.24) is 9.55 Å². The molecule has 0 fully saturated rings. The van der Waals surface area contributed by atoms with Crippen LogP contribution in [0.15, 0.2) is 65.0 Å². The average Bonchev–Trinajstić information content (AvgIpc) is 3.04. The maximum atomic E-state index is 13.5. The van der Waals surface area contributed by atoms with Crippen molar-refractivity contribution in [3.63, 3.8) is 0 Å². The van der Waals surface area contributed by atoms with Gasteiger partial charge in [-0.05, 0) is 35.7 Å². The molecule has 0 bridgehead atoms. The third-order valence-corrected chi connectivity index (χ3v) is 5.24. The van der Waals surface area contributed by atoms with Gasteiger partial charge in [-0.2, -0.15) is 0 Å². The van der Waals surface area contributed by atoms with Crippen molar-refractivity contribution < 1.29 is 4.39 Å². The van der Waals surface area contributed by atoms with Gasteiger partial charge in [0.2, 0.25) is 0 Å². The van der Waals surface area contributed by atoms with E-state index in [0.717, 1.165) is 22.3 Å². The molecule has 2 aromatic carbocycles. The number of rotatable bonds is 3. The van der Waals surface area contributed by atoms with Crippen LogP contribution in [0.25, 0.3) is 21.3 Å². The van der Waals surface area contributed by atoms with Gasteiger partial charge in [-0.15, -0.1) is 11.3 Å². The maximum absolute atomic E-state index is 13.5. The van der Waals surface area contributed by atoms with Crippen molar-refractivity contribution in [2.45, 2.75) is 13.5 Å². The Kier molecular flexibility index (Phi) is 3.93. The Bertz CT molecular complexity index is 1130. The third kappa shape index (κ3) is 2.87. The van der Waals surface area contributed by atoms with Crippen LogP contribution in [0.1, 0.15) is 11.1 Å². The van der Waals surface area contributed by atoms with E-state index in [-0.39, 0.29) is 11.4 Å². The second-order valence-corrected chi connectivity index (χ2v) is 6.82. The molecule has 0 N–H and O–H groups in total. The van der Waals surface area contributed by atoms with E-state index in [0.29, 0.717) is 16.8 Å². The molecular formula is C20H15FN2OS. The van der Waals surface area contributed by atoms with Gasteiger partial charge in [-0.1, -0.05) is 36.4 Å². The zero-order chi connectivity index (χ0) is 17.4. The summed E-state index contributed by atoms with van der Waals surface area (Å²) in [5.74, 6) is -0.301. The lowest BCUT2D eigenvalue weighted by Crippen LogP contribution is -2.20. The second-order valence-electron chi connectivity index (χ2n) is 5.94. The first-order valence-corrected chi connectivity index (χ1v) is 8.78. The van der Waals surface area contributed by atoms with Gasteiger partial charge in [0.1, 0.15) is 10.5 Å². The number of hydrogen-bond acceptors (Lipinski definition) is 3. The molecule has 0 saturated heterocycles.